The first-order valence-corrected chi connectivity index (χ1v) is 8.85. The van der Waals surface area contributed by atoms with Crippen LogP contribution in [0.25, 0.3) is 16.8 Å². The average molecular weight is 405 g/mol. The van der Waals surface area contributed by atoms with E-state index in [4.69, 9.17) is 0 Å². The van der Waals surface area contributed by atoms with Crippen LogP contribution in [0.2, 0.25) is 0 Å². The van der Waals surface area contributed by atoms with Crippen molar-refractivity contribution < 1.29 is 22.8 Å². The topological polar surface area (TPSA) is 64.8 Å². The molecule has 146 valence electrons. The van der Waals surface area contributed by atoms with E-state index in [1.165, 1.54) is 24.3 Å². The predicted octanol–water partition coefficient (Wildman–Crippen LogP) is 4.13. The van der Waals surface area contributed by atoms with Gasteiger partial charge in [-0.1, -0.05) is 41.6 Å². The van der Waals surface area contributed by atoms with Gasteiger partial charge in [-0.05, 0) is 17.7 Å². The second kappa shape index (κ2) is 6.48. The zero-order chi connectivity index (χ0) is 21.0. The standard InChI is InChI=1S/C22H10F3N3O2/c23-12-7-5-11(6-8-12)18-16(24)9-13(10-17(18)25)28-20-19(26-27-28)21(29)14-3-1-2-4-15(14)22(20)30/h1-10H. The Morgan fingerprint density at radius 3 is 2.00 bits per heavy atom. The number of ketones is 2. The highest BCUT2D eigenvalue weighted by Gasteiger charge is 2.35. The number of fused-ring (bicyclic) bond motifs is 2. The van der Waals surface area contributed by atoms with Crippen LogP contribution in [-0.2, 0) is 0 Å². The minimum Gasteiger partial charge on any atom is -0.287 e. The first-order valence-electron chi connectivity index (χ1n) is 8.85. The summed E-state index contributed by atoms with van der Waals surface area (Å²) in [6.45, 7) is 0. The summed E-state index contributed by atoms with van der Waals surface area (Å²) < 4.78 is 43.6. The molecule has 0 radical (unpaired) electrons. The molecule has 4 aromatic rings. The van der Waals surface area contributed by atoms with Crippen molar-refractivity contribution in [2.75, 3.05) is 0 Å². The molecule has 3 aromatic carbocycles. The molecule has 0 amide bonds. The van der Waals surface area contributed by atoms with Crippen molar-refractivity contribution in [1.82, 2.24) is 15.0 Å². The molecule has 0 spiro atoms. The van der Waals surface area contributed by atoms with Gasteiger partial charge in [0.15, 0.2) is 5.69 Å². The minimum atomic E-state index is -0.934. The van der Waals surface area contributed by atoms with Gasteiger partial charge in [-0.15, -0.1) is 5.10 Å². The van der Waals surface area contributed by atoms with Gasteiger partial charge < -0.3 is 0 Å². The first-order chi connectivity index (χ1) is 14.5. The quantitative estimate of drug-likeness (QED) is 0.443. The molecule has 0 atom stereocenters. The maximum absolute atomic E-state index is 14.8. The second-order valence-electron chi connectivity index (χ2n) is 6.69. The number of nitrogens with zero attached hydrogens (tertiary/aromatic N) is 3. The Balaban J connectivity index is 1.65. The number of hydrogen-bond donors (Lipinski definition) is 0. The highest BCUT2D eigenvalue weighted by atomic mass is 19.1. The summed E-state index contributed by atoms with van der Waals surface area (Å²) in [6, 6.07) is 12.9. The summed E-state index contributed by atoms with van der Waals surface area (Å²) in [5.41, 5.74) is -0.271. The van der Waals surface area contributed by atoms with Crippen LogP contribution in [-0.4, -0.2) is 26.6 Å². The number of benzene rings is 3. The van der Waals surface area contributed by atoms with Gasteiger partial charge in [-0.3, -0.25) is 9.59 Å². The van der Waals surface area contributed by atoms with E-state index in [-0.39, 0.29) is 39.3 Å². The third-order valence-electron chi connectivity index (χ3n) is 4.92. The molecule has 1 heterocycles. The van der Waals surface area contributed by atoms with Gasteiger partial charge in [-0.25, -0.2) is 17.9 Å². The molecule has 0 saturated carbocycles. The molecule has 0 fully saturated rings. The molecule has 30 heavy (non-hydrogen) atoms. The third kappa shape index (κ3) is 2.57. The molecule has 0 saturated heterocycles. The Hall–Kier alpha value is -4.07. The summed E-state index contributed by atoms with van der Waals surface area (Å²) in [6.07, 6.45) is 0. The van der Waals surface area contributed by atoms with E-state index >= 15 is 0 Å². The molecule has 0 unspecified atom stereocenters. The van der Waals surface area contributed by atoms with E-state index in [2.05, 4.69) is 10.3 Å². The van der Waals surface area contributed by atoms with Crippen molar-refractivity contribution in [3.8, 4) is 16.8 Å². The fourth-order valence-electron chi connectivity index (χ4n) is 3.53. The van der Waals surface area contributed by atoms with Gasteiger partial charge in [0.25, 0.3) is 0 Å². The average Bonchev–Trinajstić information content (AvgIpc) is 3.18. The fraction of sp³-hybridized carbons (Fsp3) is 0. The van der Waals surface area contributed by atoms with Crippen LogP contribution < -0.4 is 0 Å². The molecule has 0 aliphatic heterocycles. The van der Waals surface area contributed by atoms with Gasteiger partial charge in [-0.2, -0.15) is 0 Å². The Morgan fingerprint density at radius 1 is 0.767 bits per heavy atom. The van der Waals surface area contributed by atoms with E-state index < -0.39 is 29.0 Å². The van der Waals surface area contributed by atoms with Gasteiger partial charge in [0.05, 0.1) is 11.3 Å². The first kappa shape index (κ1) is 18.0. The lowest BCUT2D eigenvalue weighted by Crippen LogP contribution is -2.23. The van der Waals surface area contributed by atoms with E-state index in [0.29, 0.717) is 0 Å². The maximum atomic E-state index is 14.8. The van der Waals surface area contributed by atoms with E-state index in [0.717, 1.165) is 28.9 Å². The number of carbonyl (C=O) groups excluding carboxylic acids is 2. The Bertz CT molecular complexity index is 1340. The van der Waals surface area contributed by atoms with Crippen molar-refractivity contribution in [2.24, 2.45) is 0 Å². The summed E-state index contributed by atoms with van der Waals surface area (Å²) in [5, 5.41) is 7.56. The monoisotopic (exact) mass is 405 g/mol. The molecule has 0 bridgehead atoms. The lowest BCUT2D eigenvalue weighted by atomic mass is 9.90. The molecule has 5 nitrogen and oxygen atoms in total. The van der Waals surface area contributed by atoms with Crippen LogP contribution in [0.3, 0.4) is 0 Å². The summed E-state index contributed by atoms with van der Waals surface area (Å²) in [5.74, 6) is -3.41. The molecule has 5 rings (SSSR count). The van der Waals surface area contributed by atoms with Crippen molar-refractivity contribution in [1.29, 1.82) is 0 Å². The van der Waals surface area contributed by atoms with Crippen LogP contribution in [0.4, 0.5) is 13.2 Å². The van der Waals surface area contributed by atoms with Crippen molar-refractivity contribution >= 4 is 11.6 Å². The van der Waals surface area contributed by atoms with Crippen LogP contribution in [0.5, 0.6) is 0 Å². The normalized spacial score (nSPS) is 12.6. The number of aromatic nitrogens is 3. The Kier molecular flexibility index (Phi) is 3.89. The van der Waals surface area contributed by atoms with Crippen LogP contribution >= 0.6 is 0 Å². The van der Waals surface area contributed by atoms with Crippen LogP contribution in [0, 0.1) is 17.5 Å². The summed E-state index contributed by atoms with van der Waals surface area (Å²) >= 11 is 0. The number of rotatable bonds is 2. The molecule has 1 aromatic heterocycles. The van der Waals surface area contributed by atoms with Crippen LogP contribution in [0.1, 0.15) is 32.1 Å². The molecular weight excluding hydrogens is 395 g/mol. The van der Waals surface area contributed by atoms with Crippen LogP contribution in [0.15, 0.2) is 60.7 Å². The molecular formula is C22H10F3N3O2. The molecule has 8 heteroatoms. The summed E-state index contributed by atoms with van der Waals surface area (Å²) in [4.78, 5) is 25.6. The SMILES string of the molecule is O=C1c2ccccc2C(=O)c2c1nnn2-c1cc(F)c(-c2ccc(F)cc2)c(F)c1. The number of hydrogen-bond acceptors (Lipinski definition) is 4. The van der Waals surface area contributed by atoms with E-state index in [1.807, 2.05) is 0 Å². The number of carbonyl (C=O) groups is 2. The highest BCUT2D eigenvalue weighted by molar-refractivity contribution is 6.27. The Morgan fingerprint density at radius 2 is 1.37 bits per heavy atom. The Labute approximate surface area is 167 Å². The smallest absolute Gasteiger partial charge is 0.216 e. The number of halogens is 3. The van der Waals surface area contributed by atoms with Gasteiger partial charge in [0.1, 0.15) is 23.1 Å². The van der Waals surface area contributed by atoms with E-state index in [9.17, 15) is 22.8 Å². The zero-order valence-electron chi connectivity index (χ0n) is 15.1. The van der Waals surface area contributed by atoms with Gasteiger partial charge >= 0.3 is 0 Å². The second-order valence-corrected chi connectivity index (χ2v) is 6.69. The van der Waals surface area contributed by atoms with Gasteiger partial charge in [0, 0.05) is 23.3 Å². The van der Waals surface area contributed by atoms with Crippen molar-refractivity contribution in [2.45, 2.75) is 0 Å². The largest absolute Gasteiger partial charge is 0.287 e. The molecule has 0 N–H and O–H groups in total. The molecule has 1 aliphatic rings. The lowest BCUT2D eigenvalue weighted by Gasteiger charge is -2.15. The van der Waals surface area contributed by atoms with E-state index in [1.54, 1.807) is 12.1 Å². The third-order valence-corrected chi connectivity index (χ3v) is 4.92. The van der Waals surface area contributed by atoms with Crippen molar-refractivity contribution in [3.63, 3.8) is 0 Å². The lowest BCUT2D eigenvalue weighted by molar-refractivity contribution is 0.0972. The molecule has 1 aliphatic carbocycles. The predicted molar refractivity (Wildman–Crippen MR) is 100.0 cm³/mol. The maximum Gasteiger partial charge on any atom is 0.216 e. The van der Waals surface area contributed by atoms with Crippen molar-refractivity contribution in [3.05, 3.63) is 101 Å². The van der Waals surface area contributed by atoms with Gasteiger partial charge in [0.2, 0.25) is 11.6 Å². The zero-order valence-corrected chi connectivity index (χ0v) is 15.1. The highest BCUT2D eigenvalue weighted by Crippen LogP contribution is 2.31. The minimum absolute atomic E-state index is 0.106. The summed E-state index contributed by atoms with van der Waals surface area (Å²) in [7, 11) is 0. The fourth-order valence-corrected chi connectivity index (χ4v) is 3.53.